The van der Waals surface area contributed by atoms with E-state index in [1.54, 1.807) is 14.0 Å². The van der Waals surface area contributed by atoms with Crippen molar-refractivity contribution in [3.63, 3.8) is 0 Å². The largest absolute Gasteiger partial charge is 0.388 e. The van der Waals surface area contributed by atoms with E-state index in [0.717, 1.165) is 19.5 Å². The van der Waals surface area contributed by atoms with Crippen LogP contribution in [0.15, 0.2) is 0 Å². The standard InChI is InChI=1S/C8H19NO2/c1-4-9-6-5-8(2,10)7-11-3/h9-10H,4-7H2,1-3H3. The summed E-state index contributed by atoms with van der Waals surface area (Å²) in [6.45, 7) is 6.02. The average Bonchev–Trinajstić information content (AvgIpc) is 1.87. The Bertz CT molecular complexity index is 94.1. The van der Waals surface area contributed by atoms with Crippen LogP contribution in [0.1, 0.15) is 20.3 Å². The van der Waals surface area contributed by atoms with Crippen LogP contribution in [-0.4, -0.2) is 37.5 Å². The number of ether oxygens (including phenoxy) is 1. The van der Waals surface area contributed by atoms with E-state index in [1.807, 2.05) is 6.92 Å². The predicted molar refractivity (Wildman–Crippen MR) is 45.7 cm³/mol. The van der Waals surface area contributed by atoms with E-state index in [2.05, 4.69) is 5.32 Å². The first-order chi connectivity index (χ1) is 5.12. The maximum Gasteiger partial charge on any atom is 0.0864 e. The van der Waals surface area contributed by atoms with Crippen LogP contribution in [0.2, 0.25) is 0 Å². The van der Waals surface area contributed by atoms with Gasteiger partial charge in [-0.2, -0.15) is 0 Å². The molecule has 0 bridgehead atoms. The number of aliphatic hydroxyl groups is 1. The molecule has 0 rings (SSSR count). The summed E-state index contributed by atoms with van der Waals surface area (Å²) in [7, 11) is 1.60. The zero-order chi connectivity index (χ0) is 8.74. The Balaban J connectivity index is 3.38. The van der Waals surface area contributed by atoms with Crippen LogP contribution in [0.3, 0.4) is 0 Å². The van der Waals surface area contributed by atoms with E-state index in [9.17, 15) is 5.11 Å². The molecule has 0 saturated heterocycles. The zero-order valence-electron chi connectivity index (χ0n) is 7.68. The van der Waals surface area contributed by atoms with Crippen LogP contribution in [0.4, 0.5) is 0 Å². The van der Waals surface area contributed by atoms with Gasteiger partial charge in [-0.25, -0.2) is 0 Å². The topological polar surface area (TPSA) is 41.5 Å². The Kier molecular flexibility index (Phi) is 5.46. The van der Waals surface area contributed by atoms with Crippen LogP contribution in [0, 0.1) is 0 Å². The van der Waals surface area contributed by atoms with E-state index >= 15 is 0 Å². The molecule has 0 fully saturated rings. The van der Waals surface area contributed by atoms with Crippen molar-refractivity contribution in [3.8, 4) is 0 Å². The highest BCUT2D eigenvalue weighted by Crippen LogP contribution is 2.07. The fourth-order valence-electron chi connectivity index (χ4n) is 0.918. The first-order valence-electron chi connectivity index (χ1n) is 4.04. The molecule has 0 aliphatic rings. The van der Waals surface area contributed by atoms with E-state index in [1.165, 1.54) is 0 Å². The molecule has 0 spiro atoms. The third kappa shape index (κ3) is 6.28. The third-order valence-electron chi connectivity index (χ3n) is 1.55. The first-order valence-corrected chi connectivity index (χ1v) is 4.04. The molecule has 0 heterocycles. The molecule has 0 aliphatic carbocycles. The van der Waals surface area contributed by atoms with Gasteiger partial charge in [0.1, 0.15) is 0 Å². The molecule has 3 heteroatoms. The quantitative estimate of drug-likeness (QED) is 0.553. The molecule has 0 aromatic heterocycles. The van der Waals surface area contributed by atoms with E-state index < -0.39 is 5.60 Å². The molecule has 0 radical (unpaired) electrons. The van der Waals surface area contributed by atoms with Gasteiger partial charge in [-0.1, -0.05) is 6.92 Å². The van der Waals surface area contributed by atoms with Gasteiger partial charge in [0.2, 0.25) is 0 Å². The lowest BCUT2D eigenvalue weighted by atomic mass is 10.0. The van der Waals surface area contributed by atoms with Crippen LogP contribution >= 0.6 is 0 Å². The number of rotatable bonds is 6. The highest BCUT2D eigenvalue weighted by molar-refractivity contribution is 4.72. The molecular weight excluding hydrogens is 142 g/mol. The van der Waals surface area contributed by atoms with Gasteiger partial charge in [0.25, 0.3) is 0 Å². The Labute approximate surface area is 68.8 Å². The summed E-state index contributed by atoms with van der Waals surface area (Å²) in [5.41, 5.74) is -0.684. The zero-order valence-corrected chi connectivity index (χ0v) is 7.68. The van der Waals surface area contributed by atoms with Crippen molar-refractivity contribution in [2.75, 3.05) is 26.8 Å². The molecule has 68 valence electrons. The van der Waals surface area contributed by atoms with Crippen LogP contribution < -0.4 is 5.32 Å². The van der Waals surface area contributed by atoms with E-state index in [0.29, 0.717) is 6.61 Å². The molecule has 1 atom stereocenters. The summed E-state index contributed by atoms with van der Waals surface area (Å²) in [5.74, 6) is 0. The minimum Gasteiger partial charge on any atom is -0.388 e. The van der Waals surface area contributed by atoms with Crippen molar-refractivity contribution in [1.82, 2.24) is 5.32 Å². The Morgan fingerprint density at radius 2 is 2.18 bits per heavy atom. The van der Waals surface area contributed by atoms with Crippen molar-refractivity contribution >= 4 is 0 Å². The molecule has 3 nitrogen and oxygen atoms in total. The molecular formula is C8H19NO2. The van der Waals surface area contributed by atoms with E-state index in [-0.39, 0.29) is 0 Å². The molecule has 0 aromatic carbocycles. The summed E-state index contributed by atoms with van der Waals surface area (Å²) < 4.78 is 4.86. The monoisotopic (exact) mass is 161 g/mol. The Morgan fingerprint density at radius 1 is 1.55 bits per heavy atom. The summed E-state index contributed by atoms with van der Waals surface area (Å²) in [6.07, 6.45) is 0.731. The smallest absolute Gasteiger partial charge is 0.0864 e. The Morgan fingerprint density at radius 3 is 2.64 bits per heavy atom. The normalized spacial score (nSPS) is 16.4. The van der Waals surface area contributed by atoms with Crippen molar-refractivity contribution in [2.24, 2.45) is 0 Å². The number of methoxy groups -OCH3 is 1. The van der Waals surface area contributed by atoms with Gasteiger partial charge in [0.15, 0.2) is 0 Å². The first kappa shape index (κ1) is 10.9. The van der Waals surface area contributed by atoms with Crippen LogP contribution in [0.25, 0.3) is 0 Å². The summed E-state index contributed by atoms with van der Waals surface area (Å²) in [4.78, 5) is 0. The highest BCUT2D eigenvalue weighted by Gasteiger charge is 2.18. The lowest BCUT2D eigenvalue weighted by Gasteiger charge is -2.21. The summed E-state index contributed by atoms with van der Waals surface area (Å²) in [5, 5.41) is 12.7. The molecule has 0 amide bonds. The minimum atomic E-state index is -0.684. The van der Waals surface area contributed by atoms with Crippen LogP contribution in [-0.2, 0) is 4.74 Å². The fourth-order valence-corrected chi connectivity index (χ4v) is 0.918. The number of hydrogen-bond acceptors (Lipinski definition) is 3. The van der Waals surface area contributed by atoms with Gasteiger partial charge in [0, 0.05) is 7.11 Å². The molecule has 11 heavy (non-hydrogen) atoms. The molecule has 0 aliphatic heterocycles. The number of nitrogens with one attached hydrogen (secondary N) is 1. The SMILES string of the molecule is CCNCCC(C)(O)COC. The highest BCUT2D eigenvalue weighted by atomic mass is 16.5. The van der Waals surface area contributed by atoms with Gasteiger partial charge in [0.05, 0.1) is 12.2 Å². The van der Waals surface area contributed by atoms with Gasteiger partial charge >= 0.3 is 0 Å². The third-order valence-corrected chi connectivity index (χ3v) is 1.55. The second-order valence-electron chi connectivity index (χ2n) is 3.03. The summed E-state index contributed by atoms with van der Waals surface area (Å²) >= 11 is 0. The molecule has 1 unspecified atom stereocenters. The van der Waals surface area contributed by atoms with Crippen molar-refractivity contribution in [1.29, 1.82) is 0 Å². The van der Waals surface area contributed by atoms with Crippen molar-refractivity contribution in [2.45, 2.75) is 25.9 Å². The predicted octanol–water partition coefficient (Wildman–Crippen LogP) is 0.383. The van der Waals surface area contributed by atoms with E-state index in [4.69, 9.17) is 4.74 Å². The van der Waals surface area contributed by atoms with Gasteiger partial charge in [-0.05, 0) is 26.4 Å². The minimum absolute atomic E-state index is 0.401. The van der Waals surface area contributed by atoms with Crippen LogP contribution in [0.5, 0.6) is 0 Å². The maximum atomic E-state index is 9.58. The van der Waals surface area contributed by atoms with Gasteiger partial charge < -0.3 is 15.2 Å². The van der Waals surface area contributed by atoms with Crippen molar-refractivity contribution < 1.29 is 9.84 Å². The lowest BCUT2D eigenvalue weighted by molar-refractivity contribution is -0.0220. The Hall–Kier alpha value is -0.120. The maximum absolute atomic E-state index is 9.58. The summed E-state index contributed by atoms with van der Waals surface area (Å²) in [6, 6.07) is 0. The number of hydrogen-bond donors (Lipinski definition) is 2. The fraction of sp³-hybridized carbons (Fsp3) is 1.00. The van der Waals surface area contributed by atoms with Crippen molar-refractivity contribution in [3.05, 3.63) is 0 Å². The lowest BCUT2D eigenvalue weighted by Crippen LogP contribution is -2.34. The molecule has 0 aromatic rings. The second-order valence-corrected chi connectivity index (χ2v) is 3.03. The van der Waals surface area contributed by atoms with Gasteiger partial charge in [-0.3, -0.25) is 0 Å². The second kappa shape index (κ2) is 5.52. The molecule has 0 saturated carbocycles. The average molecular weight is 161 g/mol. The molecule has 2 N–H and O–H groups in total. The van der Waals surface area contributed by atoms with Gasteiger partial charge in [-0.15, -0.1) is 0 Å².